The molecular weight excluding hydrogens is 270 g/mol. The summed E-state index contributed by atoms with van der Waals surface area (Å²) in [5.74, 6) is 0. The van der Waals surface area contributed by atoms with Crippen molar-refractivity contribution in [2.45, 2.75) is 25.1 Å². The SMILES string of the molecule is CSC(C)(C)CNC(=O)NCc1cccc(N(C)C)c1. The van der Waals surface area contributed by atoms with Crippen LogP contribution < -0.4 is 15.5 Å². The van der Waals surface area contributed by atoms with Gasteiger partial charge in [-0.3, -0.25) is 0 Å². The van der Waals surface area contributed by atoms with Crippen molar-refractivity contribution >= 4 is 23.5 Å². The third-order valence-electron chi connectivity index (χ3n) is 3.11. The molecular formula is C15H25N3OS. The summed E-state index contributed by atoms with van der Waals surface area (Å²) in [7, 11) is 4.01. The fourth-order valence-electron chi connectivity index (χ4n) is 1.55. The van der Waals surface area contributed by atoms with Gasteiger partial charge < -0.3 is 15.5 Å². The van der Waals surface area contributed by atoms with Crippen molar-refractivity contribution in [2.75, 3.05) is 31.8 Å². The Morgan fingerprint density at radius 3 is 2.60 bits per heavy atom. The highest BCUT2D eigenvalue weighted by molar-refractivity contribution is 7.99. The molecule has 0 saturated carbocycles. The number of carbonyl (C=O) groups is 1. The molecule has 0 aliphatic heterocycles. The molecule has 0 unspecified atom stereocenters. The molecule has 1 aromatic carbocycles. The van der Waals surface area contributed by atoms with Gasteiger partial charge in [-0.15, -0.1) is 0 Å². The molecule has 2 amide bonds. The van der Waals surface area contributed by atoms with Crippen LogP contribution in [0.15, 0.2) is 24.3 Å². The highest BCUT2D eigenvalue weighted by atomic mass is 32.2. The maximum absolute atomic E-state index is 11.8. The van der Waals surface area contributed by atoms with Crippen molar-refractivity contribution in [3.8, 4) is 0 Å². The molecule has 0 saturated heterocycles. The summed E-state index contributed by atoms with van der Waals surface area (Å²) in [4.78, 5) is 13.8. The monoisotopic (exact) mass is 295 g/mol. The standard InChI is InChI=1S/C15H25N3OS/c1-15(2,20-5)11-17-14(19)16-10-12-7-6-8-13(9-12)18(3)4/h6-9H,10-11H2,1-5H3,(H2,16,17,19). The van der Waals surface area contributed by atoms with E-state index in [-0.39, 0.29) is 10.8 Å². The average molecular weight is 295 g/mol. The quantitative estimate of drug-likeness (QED) is 0.848. The molecule has 0 aliphatic carbocycles. The van der Waals surface area contributed by atoms with Crippen LogP contribution in [0, 0.1) is 0 Å². The topological polar surface area (TPSA) is 44.4 Å². The zero-order valence-electron chi connectivity index (χ0n) is 13.0. The van der Waals surface area contributed by atoms with Crippen molar-refractivity contribution < 1.29 is 4.79 Å². The minimum atomic E-state index is -0.123. The second-order valence-electron chi connectivity index (χ2n) is 5.56. The average Bonchev–Trinajstić information content (AvgIpc) is 2.43. The van der Waals surface area contributed by atoms with Crippen LogP contribution in [0.5, 0.6) is 0 Å². The number of anilines is 1. The molecule has 1 rings (SSSR count). The van der Waals surface area contributed by atoms with Gasteiger partial charge in [0.2, 0.25) is 0 Å². The van der Waals surface area contributed by atoms with Crippen molar-refractivity contribution in [3.05, 3.63) is 29.8 Å². The molecule has 1 aromatic rings. The lowest BCUT2D eigenvalue weighted by Crippen LogP contribution is -2.41. The first kappa shape index (κ1) is 16.7. The summed E-state index contributed by atoms with van der Waals surface area (Å²) < 4.78 is 0.0577. The van der Waals surface area contributed by atoms with Crippen molar-refractivity contribution in [1.29, 1.82) is 0 Å². The predicted molar refractivity (Wildman–Crippen MR) is 88.6 cm³/mol. The first-order chi connectivity index (χ1) is 9.34. The predicted octanol–water partition coefficient (Wildman–Crippen LogP) is 2.69. The number of nitrogens with one attached hydrogen (secondary N) is 2. The Hall–Kier alpha value is -1.36. The van der Waals surface area contributed by atoms with Gasteiger partial charge in [-0.25, -0.2) is 4.79 Å². The first-order valence-electron chi connectivity index (χ1n) is 6.67. The van der Waals surface area contributed by atoms with Crippen LogP contribution >= 0.6 is 11.8 Å². The molecule has 2 N–H and O–H groups in total. The molecule has 0 radical (unpaired) electrons. The van der Waals surface area contributed by atoms with E-state index in [9.17, 15) is 4.79 Å². The van der Waals surface area contributed by atoms with Gasteiger partial charge in [-0.1, -0.05) is 12.1 Å². The van der Waals surface area contributed by atoms with E-state index in [1.807, 2.05) is 43.5 Å². The van der Waals surface area contributed by atoms with E-state index in [1.165, 1.54) is 0 Å². The number of hydrogen-bond donors (Lipinski definition) is 2. The molecule has 0 bridgehead atoms. The smallest absolute Gasteiger partial charge is 0.315 e. The fraction of sp³-hybridized carbons (Fsp3) is 0.533. The number of benzene rings is 1. The maximum Gasteiger partial charge on any atom is 0.315 e. The zero-order chi connectivity index (χ0) is 15.2. The Labute approximate surface area is 126 Å². The number of amides is 2. The number of nitrogens with zero attached hydrogens (tertiary/aromatic N) is 1. The van der Waals surface area contributed by atoms with E-state index in [1.54, 1.807) is 11.8 Å². The Morgan fingerprint density at radius 2 is 2.00 bits per heavy atom. The lowest BCUT2D eigenvalue weighted by Gasteiger charge is -2.22. The highest BCUT2D eigenvalue weighted by Gasteiger charge is 2.16. The Kier molecular flexibility index (Phi) is 6.20. The molecule has 0 aliphatic rings. The lowest BCUT2D eigenvalue weighted by molar-refractivity contribution is 0.239. The van der Waals surface area contributed by atoms with Crippen molar-refractivity contribution in [3.63, 3.8) is 0 Å². The molecule has 0 aromatic heterocycles. The lowest BCUT2D eigenvalue weighted by atomic mass is 10.2. The van der Waals surface area contributed by atoms with Gasteiger partial charge in [0, 0.05) is 37.6 Å². The summed E-state index contributed by atoms with van der Waals surface area (Å²) >= 11 is 1.74. The normalized spacial score (nSPS) is 11.1. The molecule has 5 heteroatoms. The minimum absolute atomic E-state index is 0.0577. The van der Waals surface area contributed by atoms with Crippen LogP contribution in [0.3, 0.4) is 0 Å². The first-order valence-corrected chi connectivity index (χ1v) is 7.89. The summed E-state index contributed by atoms with van der Waals surface area (Å²) in [5, 5.41) is 5.78. The molecule has 0 heterocycles. The fourth-order valence-corrected chi connectivity index (χ4v) is 1.77. The van der Waals surface area contributed by atoms with Gasteiger partial charge in [-0.05, 0) is 37.8 Å². The molecule has 0 atom stereocenters. The zero-order valence-corrected chi connectivity index (χ0v) is 13.8. The summed E-state index contributed by atoms with van der Waals surface area (Å²) in [5.41, 5.74) is 2.23. The van der Waals surface area contributed by atoms with Crippen molar-refractivity contribution in [1.82, 2.24) is 10.6 Å². The highest BCUT2D eigenvalue weighted by Crippen LogP contribution is 2.19. The molecule has 112 valence electrons. The number of carbonyl (C=O) groups excluding carboxylic acids is 1. The van der Waals surface area contributed by atoms with Crippen molar-refractivity contribution in [2.24, 2.45) is 0 Å². The number of thioether (sulfide) groups is 1. The second-order valence-corrected chi connectivity index (χ2v) is 7.08. The largest absolute Gasteiger partial charge is 0.378 e. The van der Waals surface area contributed by atoms with Crippen LogP contribution in [-0.2, 0) is 6.54 Å². The van der Waals surface area contributed by atoms with Crippen LogP contribution in [0.1, 0.15) is 19.4 Å². The van der Waals surface area contributed by atoms with E-state index in [4.69, 9.17) is 0 Å². The van der Waals surface area contributed by atoms with Gasteiger partial charge >= 0.3 is 6.03 Å². The summed E-state index contributed by atoms with van der Waals surface area (Å²) in [6.45, 7) is 5.40. The van der Waals surface area contributed by atoms with Gasteiger partial charge in [0.05, 0.1) is 0 Å². The van der Waals surface area contributed by atoms with Gasteiger partial charge in [0.15, 0.2) is 0 Å². The van der Waals surface area contributed by atoms with Crippen LogP contribution in [0.4, 0.5) is 10.5 Å². The number of urea groups is 1. The van der Waals surface area contributed by atoms with Crippen LogP contribution in [0.25, 0.3) is 0 Å². The van der Waals surface area contributed by atoms with E-state index >= 15 is 0 Å². The van der Waals surface area contributed by atoms with E-state index < -0.39 is 0 Å². The second kappa shape index (κ2) is 7.43. The van der Waals surface area contributed by atoms with Gasteiger partial charge in [0.25, 0.3) is 0 Å². The Morgan fingerprint density at radius 1 is 1.30 bits per heavy atom. The Bertz CT molecular complexity index is 446. The molecule has 0 spiro atoms. The third kappa shape index (κ3) is 5.74. The van der Waals surface area contributed by atoms with Gasteiger partial charge in [0.1, 0.15) is 0 Å². The summed E-state index contributed by atoms with van der Waals surface area (Å²) in [6, 6.07) is 8.01. The minimum Gasteiger partial charge on any atom is -0.378 e. The van der Waals surface area contributed by atoms with E-state index in [0.29, 0.717) is 13.1 Å². The van der Waals surface area contributed by atoms with E-state index in [0.717, 1.165) is 11.3 Å². The Balaban J connectivity index is 2.43. The number of rotatable bonds is 6. The molecule has 4 nitrogen and oxygen atoms in total. The van der Waals surface area contributed by atoms with Crippen LogP contribution in [0.2, 0.25) is 0 Å². The van der Waals surface area contributed by atoms with E-state index in [2.05, 4.69) is 30.5 Å². The van der Waals surface area contributed by atoms with Gasteiger partial charge in [-0.2, -0.15) is 11.8 Å². The molecule has 20 heavy (non-hydrogen) atoms. The molecule has 0 fully saturated rings. The summed E-state index contributed by atoms with van der Waals surface area (Å²) in [6.07, 6.45) is 2.05. The van der Waals surface area contributed by atoms with Crippen LogP contribution in [-0.4, -0.2) is 37.7 Å². The maximum atomic E-state index is 11.8. The third-order valence-corrected chi connectivity index (χ3v) is 4.36. The number of hydrogen-bond acceptors (Lipinski definition) is 3.